The van der Waals surface area contributed by atoms with E-state index >= 15 is 0 Å². The fraction of sp³-hybridized carbons (Fsp3) is 0.409. The van der Waals surface area contributed by atoms with E-state index in [0.29, 0.717) is 35.4 Å². The molecule has 2 atom stereocenters. The van der Waals surface area contributed by atoms with Crippen molar-refractivity contribution in [3.63, 3.8) is 0 Å². The van der Waals surface area contributed by atoms with Gasteiger partial charge in [-0.3, -0.25) is 9.52 Å². The molecular weight excluding hydrogens is 388 g/mol. The van der Waals surface area contributed by atoms with Gasteiger partial charge in [-0.2, -0.15) is 0 Å². The molecule has 0 bridgehead atoms. The van der Waals surface area contributed by atoms with Gasteiger partial charge in [-0.1, -0.05) is 13.8 Å². The number of sulfonamides is 1. The summed E-state index contributed by atoms with van der Waals surface area (Å²) in [5.74, 6) is 1.58. The second-order valence-corrected chi connectivity index (χ2v) is 9.43. The van der Waals surface area contributed by atoms with Gasteiger partial charge in [0.1, 0.15) is 5.75 Å². The first-order chi connectivity index (χ1) is 13.8. The second kappa shape index (κ2) is 8.86. The van der Waals surface area contributed by atoms with Crippen molar-refractivity contribution >= 4 is 21.6 Å². The summed E-state index contributed by atoms with van der Waals surface area (Å²) in [5.41, 5.74) is 0.955. The molecule has 1 aliphatic heterocycles. The number of nitrogens with one attached hydrogen (secondary N) is 1. The van der Waals surface area contributed by atoms with E-state index in [0.717, 1.165) is 19.5 Å². The van der Waals surface area contributed by atoms with Crippen molar-refractivity contribution in [1.29, 1.82) is 0 Å². The third-order valence-electron chi connectivity index (χ3n) is 4.99. The Kier molecular flexibility index (Phi) is 6.47. The molecule has 0 aliphatic carbocycles. The Morgan fingerprint density at radius 1 is 1.03 bits per heavy atom. The molecule has 0 saturated carbocycles. The molecule has 3 rings (SSSR count). The largest absolute Gasteiger partial charge is 0.494 e. The van der Waals surface area contributed by atoms with Crippen molar-refractivity contribution in [3.8, 4) is 5.75 Å². The maximum Gasteiger partial charge on any atom is 0.261 e. The number of ether oxygens (including phenoxy) is 1. The molecule has 0 aromatic heterocycles. The first-order valence-corrected chi connectivity index (χ1v) is 11.4. The molecule has 2 aromatic carbocycles. The lowest BCUT2D eigenvalue weighted by Crippen LogP contribution is -2.42. The molecule has 1 saturated heterocycles. The van der Waals surface area contributed by atoms with Crippen LogP contribution in [0.15, 0.2) is 53.4 Å². The Bertz CT molecular complexity index is 930. The molecule has 1 amide bonds. The predicted molar refractivity (Wildman–Crippen MR) is 114 cm³/mol. The van der Waals surface area contributed by atoms with Crippen LogP contribution in [0.3, 0.4) is 0 Å². The fourth-order valence-electron chi connectivity index (χ4n) is 3.79. The Morgan fingerprint density at radius 2 is 1.62 bits per heavy atom. The van der Waals surface area contributed by atoms with Gasteiger partial charge < -0.3 is 9.64 Å². The Hall–Kier alpha value is -2.54. The summed E-state index contributed by atoms with van der Waals surface area (Å²) in [4.78, 5) is 14.8. The molecule has 29 heavy (non-hydrogen) atoms. The highest BCUT2D eigenvalue weighted by molar-refractivity contribution is 7.92. The number of carbonyl (C=O) groups excluding carboxylic acids is 1. The number of likely N-dealkylation sites (tertiary alicyclic amines) is 1. The van der Waals surface area contributed by atoms with E-state index < -0.39 is 10.0 Å². The SMILES string of the molecule is CCOc1ccc(NS(=O)(=O)c2ccc(C(=O)N3C[C@@H](C)C[C@H](C)C3)cc2)cc1. The number of anilines is 1. The van der Waals surface area contributed by atoms with Crippen molar-refractivity contribution in [3.05, 3.63) is 54.1 Å². The normalized spacial score (nSPS) is 19.6. The van der Waals surface area contributed by atoms with Gasteiger partial charge in [0.15, 0.2) is 0 Å². The zero-order valence-corrected chi connectivity index (χ0v) is 17.9. The van der Waals surface area contributed by atoms with Crippen molar-refractivity contribution in [1.82, 2.24) is 4.90 Å². The van der Waals surface area contributed by atoms with Crippen LogP contribution in [0.2, 0.25) is 0 Å². The number of benzene rings is 2. The van der Waals surface area contributed by atoms with E-state index in [1.54, 1.807) is 36.4 Å². The maximum atomic E-state index is 12.8. The Balaban J connectivity index is 1.70. The van der Waals surface area contributed by atoms with Crippen LogP contribution in [0.25, 0.3) is 0 Å². The van der Waals surface area contributed by atoms with Gasteiger partial charge in [0.25, 0.3) is 15.9 Å². The summed E-state index contributed by atoms with van der Waals surface area (Å²) >= 11 is 0. The summed E-state index contributed by atoms with van der Waals surface area (Å²) in [7, 11) is -3.74. The monoisotopic (exact) mass is 416 g/mol. The van der Waals surface area contributed by atoms with Crippen LogP contribution in [0.1, 0.15) is 37.6 Å². The average molecular weight is 417 g/mol. The summed E-state index contributed by atoms with van der Waals surface area (Å²) in [6, 6.07) is 12.8. The smallest absolute Gasteiger partial charge is 0.261 e. The highest BCUT2D eigenvalue weighted by atomic mass is 32.2. The van der Waals surface area contributed by atoms with Crippen LogP contribution in [0, 0.1) is 11.8 Å². The lowest BCUT2D eigenvalue weighted by Gasteiger charge is -2.35. The summed E-state index contributed by atoms with van der Waals surface area (Å²) in [5, 5.41) is 0. The molecule has 7 heteroatoms. The van der Waals surface area contributed by atoms with Gasteiger partial charge in [0, 0.05) is 24.3 Å². The first-order valence-electron chi connectivity index (χ1n) is 9.93. The lowest BCUT2D eigenvalue weighted by atomic mass is 9.91. The molecule has 1 fully saturated rings. The van der Waals surface area contributed by atoms with Crippen molar-refractivity contribution in [2.75, 3.05) is 24.4 Å². The number of nitrogens with zero attached hydrogens (tertiary/aromatic N) is 1. The molecule has 156 valence electrons. The van der Waals surface area contributed by atoms with Gasteiger partial charge in [0.05, 0.1) is 11.5 Å². The minimum atomic E-state index is -3.74. The second-order valence-electron chi connectivity index (χ2n) is 7.74. The van der Waals surface area contributed by atoms with Gasteiger partial charge in [-0.05, 0) is 73.7 Å². The molecule has 1 N–H and O–H groups in total. The molecule has 1 aliphatic rings. The maximum absolute atomic E-state index is 12.8. The van der Waals surface area contributed by atoms with Gasteiger partial charge in [-0.15, -0.1) is 0 Å². The zero-order chi connectivity index (χ0) is 21.0. The standard InChI is InChI=1S/C22H28N2O4S/c1-4-28-20-9-7-19(8-10-20)23-29(26,27)21-11-5-18(6-12-21)22(25)24-14-16(2)13-17(3)15-24/h5-12,16-17,23H,4,13-15H2,1-3H3/t16-,17-/m0/s1. The topological polar surface area (TPSA) is 75.7 Å². The average Bonchev–Trinajstić information content (AvgIpc) is 2.68. The fourth-order valence-corrected chi connectivity index (χ4v) is 4.85. The minimum Gasteiger partial charge on any atom is -0.494 e. The van der Waals surface area contributed by atoms with Crippen LogP contribution in [-0.4, -0.2) is 38.9 Å². The van der Waals surface area contributed by atoms with E-state index in [1.165, 1.54) is 12.1 Å². The van der Waals surface area contributed by atoms with Crippen LogP contribution in [0.5, 0.6) is 5.75 Å². The number of carbonyl (C=O) groups is 1. The van der Waals surface area contributed by atoms with Gasteiger partial charge in [-0.25, -0.2) is 8.42 Å². The summed E-state index contributed by atoms with van der Waals surface area (Å²) in [6.07, 6.45) is 1.12. The molecular formula is C22H28N2O4S. The van der Waals surface area contributed by atoms with Gasteiger partial charge in [0.2, 0.25) is 0 Å². The van der Waals surface area contributed by atoms with Crippen LogP contribution in [-0.2, 0) is 10.0 Å². The van der Waals surface area contributed by atoms with E-state index in [-0.39, 0.29) is 10.8 Å². The van der Waals surface area contributed by atoms with E-state index in [4.69, 9.17) is 4.74 Å². The van der Waals surface area contributed by atoms with E-state index in [2.05, 4.69) is 18.6 Å². The first kappa shape index (κ1) is 21.2. The third-order valence-corrected chi connectivity index (χ3v) is 6.38. The van der Waals surface area contributed by atoms with Crippen LogP contribution >= 0.6 is 0 Å². The third kappa shape index (κ3) is 5.29. The predicted octanol–water partition coefficient (Wildman–Crippen LogP) is 4.00. The van der Waals surface area contributed by atoms with Crippen LogP contribution in [0.4, 0.5) is 5.69 Å². The molecule has 0 spiro atoms. The van der Waals surface area contributed by atoms with Crippen molar-refractivity contribution in [2.24, 2.45) is 11.8 Å². The molecule has 0 radical (unpaired) electrons. The quantitative estimate of drug-likeness (QED) is 0.772. The molecule has 1 heterocycles. The summed E-state index contributed by atoms with van der Waals surface area (Å²) < 4.78 is 33.2. The Morgan fingerprint density at radius 3 is 2.17 bits per heavy atom. The number of piperidine rings is 1. The minimum absolute atomic E-state index is 0.0492. The van der Waals surface area contributed by atoms with Crippen molar-refractivity contribution in [2.45, 2.75) is 32.1 Å². The highest BCUT2D eigenvalue weighted by Gasteiger charge is 2.26. The number of hydrogen-bond donors (Lipinski definition) is 1. The zero-order valence-electron chi connectivity index (χ0n) is 17.1. The Labute approximate surface area is 172 Å². The number of amides is 1. The number of hydrogen-bond acceptors (Lipinski definition) is 4. The van der Waals surface area contributed by atoms with Crippen molar-refractivity contribution < 1.29 is 17.9 Å². The molecule has 2 aromatic rings. The molecule has 0 unspecified atom stereocenters. The van der Waals surface area contributed by atoms with Crippen LogP contribution < -0.4 is 9.46 Å². The molecule has 6 nitrogen and oxygen atoms in total. The number of rotatable bonds is 6. The highest BCUT2D eigenvalue weighted by Crippen LogP contribution is 2.24. The lowest BCUT2D eigenvalue weighted by molar-refractivity contribution is 0.0623. The van der Waals surface area contributed by atoms with Gasteiger partial charge >= 0.3 is 0 Å². The van der Waals surface area contributed by atoms with E-state index in [1.807, 2.05) is 11.8 Å². The summed E-state index contributed by atoms with van der Waals surface area (Å²) in [6.45, 7) is 8.21. The van der Waals surface area contributed by atoms with E-state index in [9.17, 15) is 13.2 Å².